The second-order valence-corrected chi connectivity index (χ2v) is 6.73. The van der Waals surface area contributed by atoms with Crippen molar-refractivity contribution in [2.75, 3.05) is 19.6 Å². The monoisotopic (exact) mass is 328 g/mol. The lowest BCUT2D eigenvalue weighted by Gasteiger charge is -2.16. The molecule has 6 nitrogen and oxygen atoms in total. The van der Waals surface area contributed by atoms with E-state index in [1.165, 1.54) is 5.56 Å². The quantitative estimate of drug-likeness (QED) is 0.882. The first-order valence-electron chi connectivity index (χ1n) is 8.48. The van der Waals surface area contributed by atoms with E-state index >= 15 is 0 Å². The molecular weight excluding hydrogens is 304 g/mol. The van der Waals surface area contributed by atoms with Gasteiger partial charge in [-0.05, 0) is 30.5 Å². The Hall–Kier alpha value is -2.21. The van der Waals surface area contributed by atoms with Gasteiger partial charge >= 0.3 is 0 Å². The molecule has 0 aromatic carbocycles. The summed E-state index contributed by atoms with van der Waals surface area (Å²) in [6, 6.07) is 5.79. The number of hydrogen-bond donors (Lipinski definition) is 1. The standard InChI is InChI=1S/C18H24N4O2/c1-13(2)17-8-16(21-24-17)18(23)20-10-15-5-7-22(12-15)11-14-4-3-6-19-9-14/h3-4,6,8-9,13,15H,5,7,10-12H2,1-2H3,(H,20,23)/t15-/m1/s1. The SMILES string of the molecule is CC(C)c1cc(C(=O)NC[C@H]2CCN(Cc3cccnc3)C2)no1. The number of nitrogens with zero attached hydrogens (tertiary/aromatic N) is 3. The Morgan fingerprint density at radius 2 is 2.38 bits per heavy atom. The Balaban J connectivity index is 1.44. The fourth-order valence-electron chi connectivity index (χ4n) is 2.97. The van der Waals surface area contributed by atoms with Gasteiger partial charge in [0.2, 0.25) is 0 Å². The second kappa shape index (κ2) is 7.57. The van der Waals surface area contributed by atoms with E-state index in [1.807, 2.05) is 26.1 Å². The van der Waals surface area contributed by atoms with Gasteiger partial charge in [0, 0.05) is 44.0 Å². The van der Waals surface area contributed by atoms with Gasteiger partial charge in [-0.3, -0.25) is 14.7 Å². The zero-order valence-corrected chi connectivity index (χ0v) is 14.2. The molecule has 0 aliphatic carbocycles. The van der Waals surface area contributed by atoms with Crippen LogP contribution < -0.4 is 5.32 Å². The molecule has 0 saturated carbocycles. The predicted octanol–water partition coefficient (Wildman–Crippen LogP) is 2.44. The summed E-state index contributed by atoms with van der Waals surface area (Å²) in [5.74, 6) is 1.29. The number of hydrogen-bond acceptors (Lipinski definition) is 5. The maximum absolute atomic E-state index is 12.2. The maximum atomic E-state index is 12.2. The van der Waals surface area contributed by atoms with Crippen LogP contribution in [0.15, 0.2) is 35.1 Å². The number of likely N-dealkylation sites (tertiary alicyclic amines) is 1. The second-order valence-electron chi connectivity index (χ2n) is 6.73. The number of rotatable bonds is 6. The van der Waals surface area contributed by atoms with Gasteiger partial charge in [0.1, 0.15) is 5.76 Å². The number of amides is 1. The van der Waals surface area contributed by atoms with Crippen LogP contribution in [0.25, 0.3) is 0 Å². The minimum absolute atomic E-state index is 0.156. The molecule has 0 unspecified atom stereocenters. The van der Waals surface area contributed by atoms with Gasteiger partial charge in [-0.15, -0.1) is 0 Å². The molecular formula is C18H24N4O2. The predicted molar refractivity (Wildman–Crippen MR) is 90.5 cm³/mol. The third-order valence-corrected chi connectivity index (χ3v) is 4.38. The van der Waals surface area contributed by atoms with E-state index in [0.29, 0.717) is 18.2 Å². The van der Waals surface area contributed by atoms with Crippen LogP contribution in [0.1, 0.15) is 48.0 Å². The van der Waals surface area contributed by atoms with E-state index in [1.54, 1.807) is 12.3 Å². The topological polar surface area (TPSA) is 71.3 Å². The van der Waals surface area contributed by atoms with Crippen LogP contribution in [-0.4, -0.2) is 40.6 Å². The number of pyridine rings is 1. The molecule has 6 heteroatoms. The van der Waals surface area contributed by atoms with Crippen molar-refractivity contribution in [2.45, 2.75) is 32.7 Å². The van der Waals surface area contributed by atoms with Gasteiger partial charge in [-0.1, -0.05) is 25.1 Å². The van der Waals surface area contributed by atoms with E-state index in [9.17, 15) is 4.79 Å². The van der Waals surface area contributed by atoms with Crippen molar-refractivity contribution in [3.05, 3.63) is 47.6 Å². The molecule has 0 bridgehead atoms. The van der Waals surface area contributed by atoms with Crippen LogP contribution in [0, 0.1) is 5.92 Å². The lowest BCUT2D eigenvalue weighted by Crippen LogP contribution is -2.31. The Labute approximate surface area is 142 Å². The first-order chi connectivity index (χ1) is 11.6. The van der Waals surface area contributed by atoms with Crippen molar-refractivity contribution in [3.63, 3.8) is 0 Å². The number of carbonyl (C=O) groups excluding carboxylic acids is 1. The van der Waals surface area contributed by atoms with E-state index < -0.39 is 0 Å². The molecule has 2 aromatic heterocycles. The average molecular weight is 328 g/mol. The first kappa shape index (κ1) is 16.6. The minimum Gasteiger partial charge on any atom is -0.360 e. The van der Waals surface area contributed by atoms with Crippen LogP contribution in [0.5, 0.6) is 0 Å². The zero-order valence-electron chi connectivity index (χ0n) is 14.2. The highest BCUT2D eigenvalue weighted by molar-refractivity contribution is 5.92. The molecule has 1 fully saturated rings. The van der Waals surface area contributed by atoms with Crippen molar-refractivity contribution in [1.29, 1.82) is 0 Å². The maximum Gasteiger partial charge on any atom is 0.273 e. The molecule has 24 heavy (non-hydrogen) atoms. The van der Waals surface area contributed by atoms with Crippen molar-refractivity contribution >= 4 is 5.91 Å². The summed E-state index contributed by atoms with van der Waals surface area (Å²) in [6.45, 7) is 7.66. The van der Waals surface area contributed by atoms with Crippen molar-refractivity contribution in [1.82, 2.24) is 20.4 Å². The summed E-state index contributed by atoms with van der Waals surface area (Å²) < 4.78 is 5.18. The number of aromatic nitrogens is 2. The van der Waals surface area contributed by atoms with Gasteiger partial charge in [0.05, 0.1) is 0 Å². The van der Waals surface area contributed by atoms with Crippen LogP contribution in [0.3, 0.4) is 0 Å². The van der Waals surface area contributed by atoms with Gasteiger partial charge in [0.25, 0.3) is 5.91 Å². The molecule has 1 amide bonds. The van der Waals surface area contributed by atoms with Crippen LogP contribution in [0.4, 0.5) is 0 Å². The third-order valence-electron chi connectivity index (χ3n) is 4.38. The van der Waals surface area contributed by atoms with Crippen LogP contribution in [0.2, 0.25) is 0 Å². The van der Waals surface area contributed by atoms with E-state index in [-0.39, 0.29) is 11.8 Å². The highest BCUT2D eigenvalue weighted by Crippen LogP contribution is 2.18. The van der Waals surface area contributed by atoms with E-state index in [4.69, 9.17) is 4.52 Å². The molecule has 3 heterocycles. The van der Waals surface area contributed by atoms with Gasteiger partial charge in [-0.2, -0.15) is 0 Å². The first-order valence-corrected chi connectivity index (χ1v) is 8.48. The zero-order chi connectivity index (χ0) is 16.9. The number of carbonyl (C=O) groups is 1. The van der Waals surface area contributed by atoms with Gasteiger partial charge < -0.3 is 9.84 Å². The highest BCUT2D eigenvalue weighted by atomic mass is 16.5. The fourth-order valence-corrected chi connectivity index (χ4v) is 2.97. The molecule has 0 radical (unpaired) electrons. The van der Waals surface area contributed by atoms with E-state index in [0.717, 1.165) is 31.8 Å². The lowest BCUT2D eigenvalue weighted by molar-refractivity contribution is 0.0938. The Bertz CT molecular complexity index is 669. The smallest absolute Gasteiger partial charge is 0.273 e. The molecule has 1 saturated heterocycles. The van der Waals surface area contributed by atoms with Crippen molar-refractivity contribution < 1.29 is 9.32 Å². The molecule has 0 spiro atoms. The van der Waals surface area contributed by atoms with Gasteiger partial charge in [-0.25, -0.2) is 0 Å². The van der Waals surface area contributed by atoms with Crippen LogP contribution >= 0.6 is 0 Å². The number of nitrogens with one attached hydrogen (secondary N) is 1. The summed E-state index contributed by atoms with van der Waals surface area (Å²) in [5.41, 5.74) is 1.59. The normalized spacial score (nSPS) is 18.2. The summed E-state index contributed by atoms with van der Waals surface area (Å²) >= 11 is 0. The molecule has 3 rings (SSSR count). The van der Waals surface area contributed by atoms with Crippen LogP contribution in [-0.2, 0) is 6.54 Å². The molecule has 2 aromatic rings. The minimum atomic E-state index is -0.156. The molecule has 1 atom stereocenters. The highest BCUT2D eigenvalue weighted by Gasteiger charge is 2.23. The molecule has 128 valence electrons. The molecule has 1 aliphatic rings. The summed E-state index contributed by atoms with van der Waals surface area (Å²) in [5, 5.41) is 6.83. The van der Waals surface area contributed by atoms with Gasteiger partial charge in [0.15, 0.2) is 5.69 Å². The Kier molecular flexibility index (Phi) is 5.25. The van der Waals surface area contributed by atoms with Crippen molar-refractivity contribution in [3.8, 4) is 0 Å². The third kappa shape index (κ3) is 4.20. The van der Waals surface area contributed by atoms with E-state index in [2.05, 4.69) is 26.4 Å². The molecule has 1 aliphatic heterocycles. The van der Waals surface area contributed by atoms with Crippen molar-refractivity contribution in [2.24, 2.45) is 5.92 Å². The summed E-state index contributed by atoms with van der Waals surface area (Å²) in [7, 11) is 0. The Morgan fingerprint density at radius 3 is 3.08 bits per heavy atom. The fraction of sp³-hybridized carbons (Fsp3) is 0.500. The average Bonchev–Trinajstić information content (AvgIpc) is 3.23. The summed E-state index contributed by atoms with van der Waals surface area (Å²) in [4.78, 5) is 18.7. The Morgan fingerprint density at radius 1 is 1.50 bits per heavy atom. The lowest BCUT2D eigenvalue weighted by atomic mass is 10.1. The largest absolute Gasteiger partial charge is 0.360 e. The summed E-state index contributed by atoms with van der Waals surface area (Å²) in [6.07, 6.45) is 4.79. The molecule has 1 N–H and O–H groups in total.